The number of hydrogen-bond acceptors (Lipinski definition) is 2. The third-order valence-corrected chi connectivity index (χ3v) is 2.92. The molecule has 1 aromatic carbocycles. The topological polar surface area (TPSA) is 38.0 Å². The molecular formula is C10H11Cl2F3N2. The van der Waals surface area contributed by atoms with Crippen LogP contribution in [0.5, 0.6) is 0 Å². The molecule has 0 radical (unpaired) electrons. The van der Waals surface area contributed by atoms with Crippen molar-refractivity contribution in [3.05, 3.63) is 33.8 Å². The van der Waals surface area contributed by atoms with Crippen molar-refractivity contribution in [3.8, 4) is 0 Å². The average Bonchev–Trinajstić information content (AvgIpc) is 2.20. The van der Waals surface area contributed by atoms with E-state index >= 15 is 0 Å². The highest BCUT2D eigenvalue weighted by atomic mass is 35.5. The van der Waals surface area contributed by atoms with Crippen molar-refractivity contribution in [1.82, 2.24) is 5.43 Å². The van der Waals surface area contributed by atoms with Gasteiger partial charge >= 0.3 is 6.18 Å². The number of nitrogens with one attached hydrogen (secondary N) is 1. The number of rotatable bonds is 4. The van der Waals surface area contributed by atoms with Gasteiger partial charge in [0.05, 0.1) is 16.5 Å². The Morgan fingerprint density at radius 2 is 1.88 bits per heavy atom. The highest BCUT2D eigenvalue weighted by molar-refractivity contribution is 6.42. The van der Waals surface area contributed by atoms with Gasteiger partial charge in [-0.15, -0.1) is 0 Å². The quantitative estimate of drug-likeness (QED) is 0.658. The zero-order valence-corrected chi connectivity index (χ0v) is 10.2. The maximum absolute atomic E-state index is 12.2. The molecule has 0 aliphatic heterocycles. The van der Waals surface area contributed by atoms with E-state index in [4.69, 9.17) is 29.0 Å². The minimum absolute atomic E-state index is 0.132. The molecule has 0 spiro atoms. The Morgan fingerprint density at radius 3 is 2.35 bits per heavy atom. The molecule has 0 saturated heterocycles. The van der Waals surface area contributed by atoms with E-state index in [0.717, 1.165) is 0 Å². The van der Waals surface area contributed by atoms with Crippen LogP contribution >= 0.6 is 23.2 Å². The zero-order valence-electron chi connectivity index (χ0n) is 8.69. The Hall–Kier alpha value is -0.490. The second kappa shape index (κ2) is 5.91. The van der Waals surface area contributed by atoms with Crippen LogP contribution in [-0.2, 0) is 6.42 Å². The van der Waals surface area contributed by atoms with E-state index in [-0.39, 0.29) is 6.42 Å². The number of hydrogen-bond donors (Lipinski definition) is 2. The first-order valence-corrected chi connectivity index (χ1v) is 5.54. The number of halogens is 5. The first-order valence-electron chi connectivity index (χ1n) is 4.78. The number of nitrogens with two attached hydrogens (primary N) is 1. The lowest BCUT2D eigenvalue weighted by atomic mass is 10.0. The fourth-order valence-electron chi connectivity index (χ4n) is 1.42. The van der Waals surface area contributed by atoms with Crippen LogP contribution in [0.1, 0.15) is 12.0 Å². The Labute approximate surface area is 107 Å². The molecule has 0 amide bonds. The first-order chi connectivity index (χ1) is 7.81. The molecular weight excluding hydrogens is 276 g/mol. The SMILES string of the molecule is NNC(Cc1ccc(Cl)c(Cl)c1)CC(F)(F)F. The minimum atomic E-state index is -4.26. The highest BCUT2D eigenvalue weighted by Crippen LogP contribution is 2.26. The van der Waals surface area contributed by atoms with Crippen molar-refractivity contribution in [2.45, 2.75) is 25.1 Å². The molecule has 2 nitrogen and oxygen atoms in total. The standard InChI is InChI=1S/C10H11Cl2F3N2/c11-8-2-1-6(4-9(8)12)3-7(17-16)5-10(13,14)15/h1-2,4,7,17H,3,5,16H2. The zero-order chi connectivity index (χ0) is 13.1. The van der Waals surface area contributed by atoms with Gasteiger partial charge in [-0.1, -0.05) is 29.3 Å². The summed E-state index contributed by atoms with van der Waals surface area (Å²) in [4.78, 5) is 0. The Kier molecular flexibility index (Phi) is 5.06. The van der Waals surface area contributed by atoms with Crippen molar-refractivity contribution < 1.29 is 13.2 Å². The van der Waals surface area contributed by atoms with Gasteiger partial charge < -0.3 is 0 Å². The summed E-state index contributed by atoms with van der Waals surface area (Å²) in [6.45, 7) is 0. The van der Waals surface area contributed by atoms with Crippen LogP contribution in [0.25, 0.3) is 0 Å². The molecule has 1 aromatic rings. The molecule has 0 bridgehead atoms. The van der Waals surface area contributed by atoms with E-state index in [1.807, 2.05) is 0 Å². The van der Waals surface area contributed by atoms with E-state index in [2.05, 4.69) is 5.43 Å². The molecule has 1 atom stereocenters. The second-order valence-electron chi connectivity index (χ2n) is 3.64. The molecule has 1 rings (SSSR count). The predicted octanol–water partition coefficient (Wildman–Crippen LogP) is 3.32. The van der Waals surface area contributed by atoms with Gasteiger partial charge in [0.25, 0.3) is 0 Å². The van der Waals surface area contributed by atoms with Crippen molar-refractivity contribution in [3.63, 3.8) is 0 Å². The van der Waals surface area contributed by atoms with E-state index in [1.165, 1.54) is 6.07 Å². The summed E-state index contributed by atoms with van der Waals surface area (Å²) in [7, 11) is 0. The van der Waals surface area contributed by atoms with Crippen LogP contribution in [0, 0.1) is 0 Å². The molecule has 96 valence electrons. The van der Waals surface area contributed by atoms with Gasteiger partial charge in [0, 0.05) is 6.04 Å². The van der Waals surface area contributed by atoms with Gasteiger partial charge in [-0.2, -0.15) is 13.2 Å². The maximum Gasteiger partial charge on any atom is 0.390 e. The lowest BCUT2D eigenvalue weighted by Crippen LogP contribution is -2.40. The van der Waals surface area contributed by atoms with E-state index in [1.54, 1.807) is 12.1 Å². The summed E-state index contributed by atoms with van der Waals surface area (Å²) in [5, 5.41) is 0.676. The van der Waals surface area contributed by atoms with Crippen molar-refractivity contribution in [2.75, 3.05) is 0 Å². The summed E-state index contributed by atoms with van der Waals surface area (Å²) in [5.74, 6) is 5.09. The van der Waals surface area contributed by atoms with Gasteiger partial charge in [0.1, 0.15) is 0 Å². The van der Waals surface area contributed by atoms with Gasteiger partial charge in [-0.05, 0) is 24.1 Å². The fraction of sp³-hybridized carbons (Fsp3) is 0.400. The van der Waals surface area contributed by atoms with Gasteiger partial charge in [0.15, 0.2) is 0 Å². The second-order valence-corrected chi connectivity index (χ2v) is 4.45. The normalized spacial score (nSPS) is 13.8. The third kappa shape index (κ3) is 5.12. The van der Waals surface area contributed by atoms with Crippen molar-refractivity contribution >= 4 is 23.2 Å². The summed E-state index contributed by atoms with van der Waals surface area (Å²) < 4.78 is 36.6. The minimum Gasteiger partial charge on any atom is -0.271 e. The Morgan fingerprint density at radius 1 is 1.24 bits per heavy atom. The molecule has 0 heterocycles. The highest BCUT2D eigenvalue weighted by Gasteiger charge is 2.31. The monoisotopic (exact) mass is 286 g/mol. The number of hydrazine groups is 1. The largest absolute Gasteiger partial charge is 0.390 e. The van der Waals surface area contributed by atoms with Crippen molar-refractivity contribution in [1.29, 1.82) is 0 Å². The molecule has 0 saturated carbocycles. The Bertz CT molecular complexity index is 382. The lowest BCUT2D eigenvalue weighted by molar-refractivity contribution is -0.140. The van der Waals surface area contributed by atoms with Crippen LogP contribution in [-0.4, -0.2) is 12.2 Å². The van der Waals surface area contributed by atoms with Gasteiger partial charge in [-0.3, -0.25) is 11.3 Å². The molecule has 0 aliphatic rings. The maximum atomic E-state index is 12.2. The molecule has 3 N–H and O–H groups in total. The van der Waals surface area contributed by atoms with Gasteiger partial charge in [-0.25, -0.2) is 0 Å². The van der Waals surface area contributed by atoms with E-state index in [0.29, 0.717) is 15.6 Å². The lowest BCUT2D eigenvalue weighted by Gasteiger charge is -2.17. The predicted molar refractivity (Wildman–Crippen MR) is 61.9 cm³/mol. The van der Waals surface area contributed by atoms with Crippen LogP contribution in [0.15, 0.2) is 18.2 Å². The third-order valence-electron chi connectivity index (χ3n) is 2.18. The van der Waals surface area contributed by atoms with Gasteiger partial charge in [0.2, 0.25) is 0 Å². The summed E-state index contributed by atoms with van der Waals surface area (Å²) >= 11 is 11.5. The molecule has 0 fully saturated rings. The van der Waals surface area contributed by atoms with Crippen LogP contribution in [0.4, 0.5) is 13.2 Å². The smallest absolute Gasteiger partial charge is 0.271 e. The Balaban J connectivity index is 2.70. The average molecular weight is 287 g/mol. The first kappa shape index (κ1) is 14.6. The summed E-state index contributed by atoms with van der Waals surface area (Å²) in [5.41, 5.74) is 2.79. The van der Waals surface area contributed by atoms with E-state index < -0.39 is 18.6 Å². The summed E-state index contributed by atoms with van der Waals surface area (Å²) in [6, 6.07) is 3.81. The molecule has 0 aromatic heterocycles. The van der Waals surface area contributed by atoms with Crippen LogP contribution in [0.3, 0.4) is 0 Å². The van der Waals surface area contributed by atoms with Crippen LogP contribution in [0.2, 0.25) is 10.0 Å². The number of alkyl halides is 3. The van der Waals surface area contributed by atoms with Crippen molar-refractivity contribution in [2.24, 2.45) is 5.84 Å². The molecule has 0 aliphatic carbocycles. The van der Waals surface area contributed by atoms with E-state index in [9.17, 15) is 13.2 Å². The fourth-order valence-corrected chi connectivity index (χ4v) is 1.74. The molecule has 1 unspecified atom stereocenters. The van der Waals surface area contributed by atoms with Crippen LogP contribution < -0.4 is 11.3 Å². The number of benzene rings is 1. The molecule has 7 heteroatoms. The summed E-state index contributed by atoms with van der Waals surface area (Å²) in [6.07, 6.45) is -5.12. The molecule has 17 heavy (non-hydrogen) atoms.